The molecule has 2 aliphatic heterocycles. The third-order valence-electron chi connectivity index (χ3n) is 7.22. The molecular weight excluding hydrogens is 474 g/mol. The molecule has 0 spiro atoms. The monoisotopic (exact) mass is 511 g/mol. The van der Waals surface area contributed by atoms with Gasteiger partial charge in [0.05, 0.1) is 25.6 Å². The van der Waals surface area contributed by atoms with E-state index in [1.807, 2.05) is 11.8 Å². The van der Waals surface area contributed by atoms with Gasteiger partial charge in [0, 0.05) is 39.3 Å². The predicted molar refractivity (Wildman–Crippen MR) is 130 cm³/mol. The lowest BCUT2D eigenvalue weighted by Gasteiger charge is -2.38. The van der Waals surface area contributed by atoms with Gasteiger partial charge in [-0.1, -0.05) is 0 Å². The average Bonchev–Trinajstić information content (AvgIpc) is 3.59. The number of piperidine rings is 1. The maximum Gasteiger partial charge on any atom is 0.410 e. The lowest BCUT2D eigenvalue weighted by atomic mass is 9.98. The second-order valence-electron chi connectivity index (χ2n) is 10.6. The highest BCUT2D eigenvalue weighted by molar-refractivity contribution is 7.90. The molecule has 3 fully saturated rings. The van der Waals surface area contributed by atoms with Gasteiger partial charge in [-0.05, 0) is 52.4 Å². The fourth-order valence-electron chi connectivity index (χ4n) is 4.17. The minimum absolute atomic E-state index is 0.207. The third kappa shape index (κ3) is 5.97. The first-order valence-electron chi connectivity index (χ1n) is 12.3. The smallest absolute Gasteiger partial charge is 0.410 e. The molecule has 35 heavy (non-hydrogen) atoms. The number of rotatable bonds is 8. The molecule has 1 saturated carbocycles. The van der Waals surface area contributed by atoms with Gasteiger partial charge in [-0.2, -0.15) is 4.31 Å². The number of nitrogens with zero attached hydrogens (tertiary/aromatic N) is 5. The number of anilines is 1. The lowest BCUT2D eigenvalue weighted by Crippen LogP contribution is -2.54. The van der Waals surface area contributed by atoms with Gasteiger partial charge in [0.25, 0.3) is 0 Å². The van der Waals surface area contributed by atoms with Crippen LogP contribution in [0.4, 0.5) is 10.6 Å². The van der Waals surface area contributed by atoms with E-state index in [9.17, 15) is 18.3 Å². The van der Waals surface area contributed by atoms with E-state index in [2.05, 4.69) is 9.97 Å². The minimum atomic E-state index is -3.58. The molecule has 0 radical (unpaired) electrons. The first kappa shape index (κ1) is 25.9. The summed E-state index contributed by atoms with van der Waals surface area (Å²) in [5, 5.41) is 9.45. The molecule has 1 aromatic heterocycles. The van der Waals surface area contributed by atoms with E-state index in [0.717, 1.165) is 25.7 Å². The Kier molecular flexibility index (Phi) is 7.44. The summed E-state index contributed by atoms with van der Waals surface area (Å²) in [5.74, 6) is 1.46. The van der Waals surface area contributed by atoms with Gasteiger partial charge in [-0.15, -0.1) is 0 Å². The molecule has 196 valence electrons. The summed E-state index contributed by atoms with van der Waals surface area (Å²) in [4.78, 5) is 24.8. The number of sulfonamides is 1. The zero-order valence-corrected chi connectivity index (χ0v) is 21.7. The fraction of sp³-hybridized carbons (Fsp3) is 0.783. The molecule has 2 saturated heterocycles. The third-order valence-corrected chi connectivity index (χ3v) is 9.79. The molecule has 3 aliphatic rings. The summed E-state index contributed by atoms with van der Waals surface area (Å²) in [6, 6.07) is 0. The normalized spacial score (nSPS) is 21.6. The van der Waals surface area contributed by atoms with Crippen molar-refractivity contribution < 1.29 is 27.8 Å². The van der Waals surface area contributed by atoms with Crippen LogP contribution in [-0.4, -0.2) is 102 Å². The van der Waals surface area contributed by atoms with Crippen LogP contribution >= 0.6 is 0 Å². The Hall–Kier alpha value is -2.18. The summed E-state index contributed by atoms with van der Waals surface area (Å²) >= 11 is 0. The Morgan fingerprint density at radius 2 is 1.77 bits per heavy atom. The van der Waals surface area contributed by atoms with Crippen molar-refractivity contribution in [3.63, 3.8) is 0 Å². The van der Waals surface area contributed by atoms with Gasteiger partial charge in [-0.25, -0.2) is 23.2 Å². The molecule has 0 atom stereocenters. The van der Waals surface area contributed by atoms with Crippen molar-refractivity contribution in [2.75, 3.05) is 57.4 Å². The number of hydrogen-bond donors (Lipinski definition) is 1. The van der Waals surface area contributed by atoms with Crippen LogP contribution in [0.3, 0.4) is 0 Å². The van der Waals surface area contributed by atoms with E-state index < -0.39 is 21.4 Å². The number of aliphatic hydroxyl groups is 1. The van der Waals surface area contributed by atoms with Crippen molar-refractivity contribution in [1.82, 2.24) is 19.2 Å². The number of amides is 1. The van der Waals surface area contributed by atoms with E-state index in [1.165, 1.54) is 18.2 Å². The standard InChI is InChI=1S/C23H37N5O6S/c1-22(2,17-29)35(31,32)28-12-10-26(11-13-28)19-14-25-20(15-24-19)33-16-18-4-8-27(9-5-18)21(30)34-23(3)6-7-23/h14-15,18,29H,4-13,16-17H2,1-3H3. The summed E-state index contributed by atoms with van der Waals surface area (Å²) in [7, 11) is -3.58. The van der Waals surface area contributed by atoms with Crippen molar-refractivity contribution >= 4 is 21.9 Å². The van der Waals surface area contributed by atoms with Crippen LogP contribution in [-0.2, 0) is 14.8 Å². The van der Waals surface area contributed by atoms with Gasteiger partial charge >= 0.3 is 6.09 Å². The van der Waals surface area contributed by atoms with E-state index in [0.29, 0.717) is 63.5 Å². The topological polar surface area (TPSA) is 125 Å². The molecule has 1 aromatic rings. The zero-order chi connectivity index (χ0) is 25.3. The molecule has 0 bridgehead atoms. The van der Waals surface area contributed by atoms with Gasteiger partial charge in [0.1, 0.15) is 16.2 Å². The molecule has 0 unspecified atom stereocenters. The van der Waals surface area contributed by atoms with Crippen molar-refractivity contribution in [3.05, 3.63) is 12.4 Å². The van der Waals surface area contributed by atoms with Gasteiger partial charge in [0.2, 0.25) is 15.9 Å². The number of carbonyl (C=O) groups is 1. The number of likely N-dealkylation sites (tertiary alicyclic amines) is 1. The molecule has 1 amide bonds. The predicted octanol–water partition coefficient (Wildman–Crippen LogP) is 1.48. The van der Waals surface area contributed by atoms with Crippen LogP contribution in [0, 0.1) is 5.92 Å². The Bertz CT molecular complexity index is 982. The lowest BCUT2D eigenvalue weighted by molar-refractivity contribution is 0.0454. The largest absolute Gasteiger partial charge is 0.476 e. The second kappa shape index (κ2) is 10.1. The summed E-state index contributed by atoms with van der Waals surface area (Å²) in [5.41, 5.74) is -0.246. The van der Waals surface area contributed by atoms with E-state index >= 15 is 0 Å². The van der Waals surface area contributed by atoms with Gasteiger partial charge < -0.3 is 24.4 Å². The van der Waals surface area contributed by atoms with E-state index in [4.69, 9.17) is 9.47 Å². The Morgan fingerprint density at radius 3 is 2.31 bits per heavy atom. The fourth-order valence-corrected chi connectivity index (χ4v) is 5.68. The molecule has 12 heteroatoms. The Morgan fingerprint density at radius 1 is 1.11 bits per heavy atom. The maximum atomic E-state index is 12.7. The number of piperazine rings is 1. The van der Waals surface area contributed by atoms with Crippen LogP contribution in [0.2, 0.25) is 0 Å². The molecule has 3 heterocycles. The molecule has 1 aliphatic carbocycles. The first-order valence-corrected chi connectivity index (χ1v) is 13.8. The maximum absolute atomic E-state index is 12.7. The Balaban J connectivity index is 1.20. The molecule has 11 nitrogen and oxygen atoms in total. The molecule has 1 N–H and O–H groups in total. The molecule has 4 rings (SSSR count). The van der Waals surface area contributed by atoms with Crippen LogP contribution in [0.15, 0.2) is 12.4 Å². The molecule has 0 aromatic carbocycles. The number of aliphatic hydroxyl groups excluding tert-OH is 1. The summed E-state index contributed by atoms with van der Waals surface area (Å²) < 4.78 is 37.1. The SMILES string of the molecule is CC1(OC(=O)N2CCC(COc3cnc(N4CCN(S(=O)(=O)C(C)(C)CO)CC4)cn3)CC2)CC1. The number of carbonyl (C=O) groups excluding carboxylic acids is 1. The van der Waals surface area contributed by atoms with E-state index in [-0.39, 0.29) is 11.7 Å². The van der Waals surface area contributed by atoms with Crippen molar-refractivity contribution in [3.8, 4) is 5.88 Å². The van der Waals surface area contributed by atoms with Gasteiger partial charge in [0.15, 0.2) is 0 Å². The Labute approximate surface area is 207 Å². The van der Waals surface area contributed by atoms with Crippen molar-refractivity contribution in [1.29, 1.82) is 0 Å². The van der Waals surface area contributed by atoms with Crippen LogP contribution in [0.25, 0.3) is 0 Å². The van der Waals surface area contributed by atoms with Gasteiger partial charge in [-0.3, -0.25) is 0 Å². The summed E-state index contributed by atoms with van der Waals surface area (Å²) in [6.07, 6.45) is 6.65. The van der Waals surface area contributed by atoms with E-state index in [1.54, 1.807) is 17.3 Å². The van der Waals surface area contributed by atoms with Crippen LogP contribution in [0.1, 0.15) is 46.5 Å². The zero-order valence-electron chi connectivity index (χ0n) is 20.9. The van der Waals surface area contributed by atoms with Crippen molar-refractivity contribution in [2.24, 2.45) is 5.92 Å². The molecular formula is C23H37N5O6S. The number of hydrogen-bond acceptors (Lipinski definition) is 9. The highest BCUT2D eigenvalue weighted by atomic mass is 32.2. The quantitative estimate of drug-likeness (QED) is 0.552. The van der Waals surface area contributed by atoms with Crippen molar-refractivity contribution in [2.45, 2.75) is 56.8 Å². The van der Waals surface area contributed by atoms with Crippen LogP contribution < -0.4 is 9.64 Å². The summed E-state index contributed by atoms with van der Waals surface area (Å²) in [6.45, 7) is 8.13. The highest BCUT2D eigenvalue weighted by Gasteiger charge is 2.43. The number of aromatic nitrogens is 2. The van der Waals surface area contributed by atoms with Crippen LogP contribution in [0.5, 0.6) is 5.88 Å². The average molecular weight is 512 g/mol. The number of ether oxygens (including phenoxy) is 2. The highest BCUT2D eigenvalue weighted by Crippen LogP contribution is 2.39. The minimum Gasteiger partial charge on any atom is -0.476 e. The first-order chi connectivity index (χ1) is 16.5. The second-order valence-corrected chi connectivity index (χ2v) is 13.2.